The highest BCUT2D eigenvalue weighted by molar-refractivity contribution is 7.92. The summed E-state index contributed by atoms with van der Waals surface area (Å²) in [6.45, 7) is 3.58. The molecule has 8 nitrogen and oxygen atoms in total. The number of nitrogens with one attached hydrogen (secondary N) is 1. The second-order valence-electron chi connectivity index (χ2n) is 7.98. The smallest absolute Gasteiger partial charge is 0.293 e. The van der Waals surface area contributed by atoms with Crippen molar-refractivity contribution in [1.82, 2.24) is 4.90 Å². The maximum atomic E-state index is 12.8. The molecule has 2 aromatic rings. The number of anilines is 2. The van der Waals surface area contributed by atoms with Gasteiger partial charge in [0, 0.05) is 25.2 Å². The lowest BCUT2D eigenvalue weighted by atomic mass is 10.0. The predicted octanol–water partition coefficient (Wildman–Crippen LogP) is 4.11. The lowest BCUT2D eigenvalue weighted by molar-refractivity contribution is -0.384. The third-order valence-corrected chi connectivity index (χ3v) is 7.66. The summed E-state index contributed by atoms with van der Waals surface area (Å²) < 4.78 is 28.1. The van der Waals surface area contributed by atoms with Crippen LogP contribution in [-0.4, -0.2) is 50.5 Å². The van der Waals surface area contributed by atoms with E-state index in [1.54, 1.807) is 24.3 Å². The molecule has 1 N–H and O–H groups in total. The van der Waals surface area contributed by atoms with E-state index in [1.165, 1.54) is 25.0 Å². The van der Waals surface area contributed by atoms with E-state index in [9.17, 15) is 18.5 Å². The Bertz CT molecular complexity index is 1070. The van der Waals surface area contributed by atoms with Gasteiger partial charge in [-0.05, 0) is 63.0 Å². The molecule has 0 saturated carbocycles. The van der Waals surface area contributed by atoms with Crippen LogP contribution in [0.15, 0.2) is 47.4 Å². The van der Waals surface area contributed by atoms with Gasteiger partial charge in [-0.3, -0.25) is 19.7 Å². The van der Waals surface area contributed by atoms with Gasteiger partial charge in [-0.15, -0.1) is 0 Å². The second kappa shape index (κ2) is 9.02. The number of piperidine rings is 1. The van der Waals surface area contributed by atoms with Crippen molar-refractivity contribution in [1.29, 1.82) is 0 Å². The molecule has 0 unspecified atom stereocenters. The molecule has 2 aliphatic heterocycles. The van der Waals surface area contributed by atoms with Crippen LogP contribution in [0.2, 0.25) is 5.02 Å². The van der Waals surface area contributed by atoms with Gasteiger partial charge in [-0.2, -0.15) is 0 Å². The van der Waals surface area contributed by atoms with Crippen LogP contribution in [0.1, 0.15) is 25.7 Å². The molecule has 2 heterocycles. The van der Waals surface area contributed by atoms with Crippen molar-refractivity contribution in [3.63, 3.8) is 0 Å². The first-order valence-corrected chi connectivity index (χ1v) is 12.3. The molecule has 2 aromatic carbocycles. The van der Waals surface area contributed by atoms with Crippen molar-refractivity contribution < 1.29 is 13.3 Å². The summed E-state index contributed by atoms with van der Waals surface area (Å²) in [7, 11) is -4.03. The number of nitrogens with zero attached hydrogens (tertiary/aromatic N) is 3. The summed E-state index contributed by atoms with van der Waals surface area (Å²) in [6.07, 6.45) is 4.42. The summed E-state index contributed by atoms with van der Waals surface area (Å²) in [4.78, 5) is 15.6. The third-order valence-electron chi connectivity index (χ3n) is 5.97. The minimum absolute atomic E-state index is 0.170. The van der Waals surface area contributed by atoms with E-state index in [1.807, 2.05) is 4.90 Å². The highest BCUT2D eigenvalue weighted by Gasteiger charge is 2.31. The predicted molar refractivity (Wildman–Crippen MR) is 121 cm³/mol. The highest BCUT2D eigenvalue weighted by atomic mass is 35.5. The van der Waals surface area contributed by atoms with Gasteiger partial charge in [0.15, 0.2) is 0 Å². The number of likely N-dealkylation sites (tertiary alicyclic amines) is 1. The van der Waals surface area contributed by atoms with Crippen LogP contribution in [0.25, 0.3) is 0 Å². The Balaban J connectivity index is 1.61. The minimum atomic E-state index is -4.03. The number of hydrogen-bond acceptors (Lipinski definition) is 6. The van der Waals surface area contributed by atoms with Crippen LogP contribution in [0, 0.1) is 10.1 Å². The lowest BCUT2D eigenvalue weighted by Crippen LogP contribution is -2.47. The van der Waals surface area contributed by atoms with Gasteiger partial charge in [0.05, 0.1) is 20.5 Å². The largest absolute Gasteiger partial charge is 0.364 e. The quantitative estimate of drug-likeness (QED) is 0.510. The van der Waals surface area contributed by atoms with Gasteiger partial charge < -0.3 is 4.90 Å². The van der Waals surface area contributed by atoms with Crippen LogP contribution in [-0.2, 0) is 10.0 Å². The fraction of sp³-hybridized carbons (Fsp3) is 0.429. The Labute approximate surface area is 187 Å². The van der Waals surface area contributed by atoms with Crippen LogP contribution in [0.5, 0.6) is 0 Å². The molecule has 2 fully saturated rings. The maximum absolute atomic E-state index is 12.8. The summed E-state index contributed by atoms with van der Waals surface area (Å²) in [6, 6.07) is 10.9. The molecule has 1 atom stereocenters. The molecular weight excluding hydrogens is 440 g/mol. The summed E-state index contributed by atoms with van der Waals surface area (Å²) in [5.41, 5.74) is 0.482. The lowest BCUT2D eigenvalue weighted by Gasteiger charge is -2.38. The van der Waals surface area contributed by atoms with E-state index in [4.69, 9.17) is 11.6 Å². The molecule has 10 heteroatoms. The first kappa shape index (κ1) is 21.9. The molecule has 0 bridgehead atoms. The molecule has 31 heavy (non-hydrogen) atoms. The standard InChI is InChI=1S/C21H25ClN4O4S/c22-18-7-1-2-8-19(18)23-31(29,30)17-9-10-20(21(14-17)26(27)28)25-13-5-6-16(15-25)24-11-3-4-12-24/h1-2,7-10,14,16,23H,3-6,11-13,15H2/t16-/m1/s1. The van der Waals surface area contributed by atoms with Crippen molar-refractivity contribution in [2.45, 2.75) is 36.6 Å². The van der Waals surface area contributed by atoms with Gasteiger partial charge in [0.2, 0.25) is 0 Å². The molecule has 2 aliphatic rings. The Hall–Kier alpha value is -2.36. The van der Waals surface area contributed by atoms with Gasteiger partial charge in [-0.1, -0.05) is 23.7 Å². The molecule has 4 rings (SSSR count). The van der Waals surface area contributed by atoms with Crippen molar-refractivity contribution in [3.8, 4) is 0 Å². The molecule has 0 aromatic heterocycles. The molecule has 0 radical (unpaired) electrons. The summed E-state index contributed by atoms with van der Waals surface area (Å²) in [5, 5.41) is 12.1. The van der Waals surface area contributed by atoms with E-state index in [0.717, 1.165) is 38.5 Å². The Morgan fingerprint density at radius 3 is 2.52 bits per heavy atom. The number of rotatable bonds is 6. The van der Waals surface area contributed by atoms with E-state index in [-0.39, 0.29) is 21.3 Å². The van der Waals surface area contributed by atoms with Crippen molar-refractivity contribution in [2.24, 2.45) is 0 Å². The first-order chi connectivity index (χ1) is 14.8. The zero-order valence-corrected chi connectivity index (χ0v) is 18.6. The zero-order chi connectivity index (χ0) is 22.0. The SMILES string of the molecule is O=[N+]([O-])c1cc(S(=O)(=O)Nc2ccccc2Cl)ccc1N1CCC[C@@H](N2CCCC2)C1. The molecule has 0 aliphatic carbocycles. The second-order valence-corrected chi connectivity index (χ2v) is 10.1. The summed E-state index contributed by atoms with van der Waals surface area (Å²) >= 11 is 6.05. The first-order valence-electron chi connectivity index (χ1n) is 10.4. The summed E-state index contributed by atoms with van der Waals surface area (Å²) in [5.74, 6) is 0. The third kappa shape index (κ3) is 4.78. The van der Waals surface area contributed by atoms with Crippen molar-refractivity contribution in [3.05, 3.63) is 57.6 Å². The number of nitro groups is 1. The van der Waals surface area contributed by atoms with Gasteiger partial charge >= 0.3 is 0 Å². The van der Waals surface area contributed by atoms with Gasteiger partial charge in [-0.25, -0.2) is 8.42 Å². The maximum Gasteiger partial charge on any atom is 0.293 e. The number of sulfonamides is 1. The van der Waals surface area contributed by atoms with E-state index in [2.05, 4.69) is 9.62 Å². The topological polar surface area (TPSA) is 95.8 Å². The fourth-order valence-electron chi connectivity index (χ4n) is 4.41. The average Bonchev–Trinajstić information content (AvgIpc) is 3.30. The Kier molecular flexibility index (Phi) is 6.36. The Morgan fingerprint density at radius 2 is 1.81 bits per heavy atom. The molecule has 2 saturated heterocycles. The van der Waals surface area contributed by atoms with Crippen LogP contribution < -0.4 is 9.62 Å². The van der Waals surface area contributed by atoms with Crippen LogP contribution >= 0.6 is 11.6 Å². The molecule has 0 spiro atoms. The van der Waals surface area contributed by atoms with Gasteiger partial charge in [0.1, 0.15) is 5.69 Å². The Morgan fingerprint density at radius 1 is 1.06 bits per heavy atom. The molecular formula is C21H25ClN4O4S. The zero-order valence-electron chi connectivity index (χ0n) is 17.0. The van der Waals surface area contributed by atoms with E-state index < -0.39 is 14.9 Å². The number of nitro benzene ring substituents is 1. The number of benzene rings is 2. The number of halogens is 1. The van der Waals surface area contributed by atoms with Gasteiger partial charge in [0.25, 0.3) is 15.7 Å². The highest BCUT2D eigenvalue weighted by Crippen LogP contribution is 2.34. The normalized spacial score (nSPS) is 20.0. The minimum Gasteiger partial charge on any atom is -0.364 e. The fourth-order valence-corrected chi connectivity index (χ4v) is 5.75. The van der Waals surface area contributed by atoms with E-state index >= 15 is 0 Å². The monoisotopic (exact) mass is 464 g/mol. The number of para-hydroxylation sites is 1. The van der Waals surface area contributed by atoms with E-state index in [0.29, 0.717) is 18.3 Å². The van der Waals surface area contributed by atoms with Crippen molar-refractivity contribution in [2.75, 3.05) is 35.8 Å². The average molecular weight is 465 g/mol. The number of hydrogen-bond donors (Lipinski definition) is 1. The van der Waals surface area contributed by atoms with Crippen molar-refractivity contribution >= 4 is 38.7 Å². The van der Waals surface area contributed by atoms with Crippen LogP contribution in [0.3, 0.4) is 0 Å². The molecule has 0 amide bonds. The van der Waals surface area contributed by atoms with Crippen LogP contribution in [0.4, 0.5) is 17.1 Å². The molecule has 166 valence electrons.